The van der Waals surface area contributed by atoms with Crippen molar-refractivity contribution in [3.8, 4) is 11.3 Å². The van der Waals surface area contributed by atoms with Gasteiger partial charge >= 0.3 is 6.09 Å². The number of hydrogen-bond acceptors (Lipinski definition) is 7. The van der Waals surface area contributed by atoms with Crippen molar-refractivity contribution in [2.75, 3.05) is 13.1 Å². The molecule has 0 unspecified atom stereocenters. The molecule has 3 fully saturated rings. The number of alkyl carbamates (subject to hydrolysis) is 1. The Morgan fingerprint density at radius 3 is 2.02 bits per heavy atom. The molecule has 1 saturated carbocycles. The summed E-state index contributed by atoms with van der Waals surface area (Å²) in [6.07, 6.45) is 10.6. The zero-order valence-electron chi connectivity index (χ0n) is 34.6. The highest BCUT2D eigenvalue weighted by Crippen LogP contribution is 2.43. The van der Waals surface area contributed by atoms with Gasteiger partial charge in [0.25, 0.3) is 5.91 Å². The van der Waals surface area contributed by atoms with Crippen LogP contribution >= 0.6 is 0 Å². The normalized spacial score (nSPS) is 21.9. The van der Waals surface area contributed by atoms with Crippen LogP contribution in [0.25, 0.3) is 11.3 Å². The fourth-order valence-corrected chi connectivity index (χ4v) is 9.20. The van der Waals surface area contributed by atoms with Gasteiger partial charge in [-0.2, -0.15) is 0 Å². The molecule has 2 saturated heterocycles. The largest absolute Gasteiger partial charge is 0.444 e. The topological polar surface area (TPSA) is 134 Å². The number of hydrogen-bond donors (Lipinski definition) is 2. The summed E-state index contributed by atoms with van der Waals surface area (Å²) in [6.45, 7) is 8.70. The average molecular weight is 797 g/mol. The lowest BCUT2D eigenvalue weighted by Crippen LogP contribution is -2.44. The van der Waals surface area contributed by atoms with Crippen LogP contribution in [-0.2, 0) is 14.3 Å². The van der Waals surface area contributed by atoms with E-state index in [1.165, 1.54) is 5.56 Å². The minimum absolute atomic E-state index is 0.0444. The highest BCUT2D eigenvalue weighted by Gasteiger charge is 2.39. The molecule has 0 bridgehead atoms. The van der Waals surface area contributed by atoms with E-state index in [-0.39, 0.29) is 35.7 Å². The Bertz CT molecular complexity index is 2200. The molecule has 11 heteroatoms. The van der Waals surface area contributed by atoms with Crippen LogP contribution in [-0.4, -0.2) is 61.3 Å². The van der Waals surface area contributed by atoms with Gasteiger partial charge in [-0.15, -0.1) is 0 Å². The minimum atomic E-state index is -0.892. The molecule has 2 N–H and O–H groups in total. The zero-order chi connectivity index (χ0) is 41.1. The van der Waals surface area contributed by atoms with E-state index >= 15 is 0 Å². The number of likely N-dealkylation sites (tertiary alicyclic amines) is 2. The van der Waals surface area contributed by atoms with Gasteiger partial charge in [0.2, 0.25) is 11.8 Å². The third-order valence-electron chi connectivity index (χ3n) is 12.3. The lowest BCUT2D eigenvalue weighted by atomic mass is 9.78. The van der Waals surface area contributed by atoms with Crippen LogP contribution < -0.4 is 5.32 Å². The summed E-state index contributed by atoms with van der Waals surface area (Å²) in [7, 11) is 0. The van der Waals surface area contributed by atoms with E-state index in [9.17, 15) is 14.4 Å². The van der Waals surface area contributed by atoms with Crippen molar-refractivity contribution in [3.63, 3.8) is 0 Å². The smallest absolute Gasteiger partial charge is 0.408 e. The van der Waals surface area contributed by atoms with E-state index in [0.29, 0.717) is 23.9 Å². The summed E-state index contributed by atoms with van der Waals surface area (Å²) in [5.74, 6) is 2.76. The summed E-state index contributed by atoms with van der Waals surface area (Å²) in [6, 6.07) is 26.9. The van der Waals surface area contributed by atoms with Gasteiger partial charge < -0.3 is 29.3 Å². The standard InChI is InChI=1S/C48H56N6O5/c1-31(32-13-7-5-8-14-32)45(55)53-27-11-17-39(53)43-49-29-38(51-43)35-23-19-33(20-24-35)34-21-25-36(26-22-34)41-30-50-44(58-41)40-18-12-28-54(40)46(56)42(37-15-9-6-10-16-37)52-47(57)59-48(2,3)4/h5-10,13-16,19-20,23-24,29-31,34,36,39-40,42H,11-12,17-18,21-22,25-28H2,1-4H3,(H,49,51)(H,52,57)/t31-,34?,36?,39+,40+,42-/m1/s1. The van der Waals surface area contributed by atoms with Gasteiger partial charge in [0, 0.05) is 19.0 Å². The van der Waals surface area contributed by atoms with E-state index in [0.717, 1.165) is 86.3 Å². The lowest BCUT2D eigenvalue weighted by molar-refractivity contribution is -0.135. The Kier molecular flexibility index (Phi) is 11.7. The molecule has 8 rings (SSSR count). The number of ether oxygens (including phenoxy) is 1. The van der Waals surface area contributed by atoms with Gasteiger partial charge in [0.15, 0.2) is 0 Å². The minimum Gasteiger partial charge on any atom is -0.444 e. The van der Waals surface area contributed by atoms with Crippen molar-refractivity contribution in [1.82, 2.24) is 30.1 Å². The van der Waals surface area contributed by atoms with Gasteiger partial charge in [-0.05, 0) is 107 Å². The fourth-order valence-electron chi connectivity index (χ4n) is 9.20. The summed E-state index contributed by atoms with van der Waals surface area (Å²) in [4.78, 5) is 57.4. The first-order valence-corrected chi connectivity index (χ1v) is 21.3. The molecule has 4 atom stereocenters. The van der Waals surface area contributed by atoms with Crippen molar-refractivity contribution < 1.29 is 23.5 Å². The van der Waals surface area contributed by atoms with Gasteiger partial charge in [-0.3, -0.25) is 9.59 Å². The summed E-state index contributed by atoms with van der Waals surface area (Å²) < 4.78 is 12.0. The second kappa shape index (κ2) is 17.3. The highest BCUT2D eigenvalue weighted by molar-refractivity contribution is 5.87. The molecule has 2 aromatic heterocycles. The van der Waals surface area contributed by atoms with Gasteiger partial charge in [0.1, 0.15) is 29.3 Å². The SMILES string of the molecule is C[C@@H](C(=O)N1CCC[C@H]1c1ncc(-c2ccc(C3CCC(c4cnc([C@@H]5CCCN5C(=O)[C@H](NC(=O)OC(C)(C)C)c5ccccc5)o4)CC3)cc2)[nH]1)c1ccccc1. The van der Waals surface area contributed by atoms with E-state index in [2.05, 4.69) is 34.6 Å². The van der Waals surface area contributed by atoms with Gasteiger partial charge in [-0.1, -0.05) is 84.9 Å². The molecule has 4 heterocycles. The van der Waals surface area contributed by atoms with E-state index in [4.69, 9.17) is 19.1 Å². The first-order chi connectivity index (χ1) is 28.5. The van der Waals surface area contributed by atoms with Gasteiger partial charge in [-0.25, -0.2) is 14.8 Å². The van der Waals surface area contributed by atoms with Crippen LogP contribution in [0.15, 0.2) is 102 Å². The molecule has 1 aliphatic carbocycles. The molecule has 3 amide bonds. The quantitative estimate of drug-likeness (QED) is 0.144. The number of oxazole rings is 1. The molecule has 3 aromatic carbocycles. The Hall–Kier alpha value is -5.71. The maximum atomic E-state index is 14.1. The van der Waals surface area contributed by atoms with Crippen LogP contribution in [0.1, 0.15) is 149 Å². The van der Waals surface area contributed by atoms with Crippen LogP contribution in [0.3, 0.4) is 0 Å². The predicted molar refractivity (Wildman–Crippen MR) is 225 cm³/mol. The summed E-state index contributed by atoms with van der Waals surface area (Å²) in [5.41, 5.74) is 4.41. The lowest BCUT2D eigenvalue weighted by Gasteiger charge is -2.29. The first-order valence-electron chi connectivity index (χ1n) is 21.3. The highest BCUT2D eigenvalue weighted by atomic mass is 16.6. The van der Waals surface area contributed by atoms with Crippen molar-refractivity contribution in [1.29, 1.82) is 0 Å². The molecule has 5 aromatic rings. The molecular formula is C48H56N6O5. The van der Waals surface area contributed by atoms with E-state index < -0.39 is 17.7 Å². The van der Waals surface area contributed by atoms with Crippen LogP contribution in [0.5, 0.6) is 0 Å². The maximum absolute atomic E-state index is 14.1. The van der Waals surface area contributed by atoms with Crippen molar-refractivity contribution in [2.45, 2.75) is 121 Å². The van der Waals surface area contributed by atoms with Crippen LogP contribution in [0.4, 0.5) is 4.79 Å². The molecule has 11 nitrogen and oxygen atoms in total. The summed E-state index contributed by atoms with van der Waals surface area (Å²) >= 11 is 0. The number of imidazole rings is 1. The Morgan fingerprint density at radius 1 is 0.746 bits per heavy atom. The predicted octanol–water partition coefficient (Wildman–Crippen LogP) is 9.90. The monoisotopic (exact) mass is 796 g/mol. The Balaban J connectivity index is 0.871. The van der Waals surface area contributed by atoms with E-state index in [1.54, 1.807) is 25.7 Å². The third kappa shape index (κ3) is 8.99. The molecule has 2 aliphatic heterocycles. The maximum Gasteiger partial charge on any atom is 0.408 e. The number of rotatable bonds is 10. The second-order valence-corrected chi connectivity index (χ2v) is 17.5. The Labute approximate surface area is 347 Å². The number of nitrogens with one attached hydrogen (secondary N) is 2. The van der Waals surface area contributed by atoms with Gasteiger partial charge in [0.05, 0.1) is 30.0 Å². The van der Waals surface area contributed by atoms with Crippen molar-refractivity contribution in [3.05, 3.63) is 131 Å². The van der Waals surface area contributed by atoms with Crippen molar-refractivity contribution >= 4 is 17.9 Å². The number of H-pyrrole nitrogens is 1. The number of benzene rings is 3. The number of aromatic amines is 1. The molecular weight excluding hydrogens is 741 g/mol. The summed E-state index contributed by atoms with van der Waals surface area (Å²) in [5, 5.41) is 2.83. The molecule has 59 heavy (non-hydrogen) atoms. The number of carbonyl (C=O) groups excluding carboxylic acids is 3. The average Bonchev–Trinajstić information content (AvgIpc) is 4.10. The van der Waals surface area contributed by atoms with E-state index in [1.807, 2.05) is 84.9 Å². The van der Waals surface area contributed by atoms with Crippen LogP contribution in [0.2, 0.25) is 0 Å². The number of nitrogens with zero attached hydrogens (tertiary/aromatic N) is 4. The molecule has 308 valence electrons. The Morgan fingerprint density at radius 2 is 1.36 bits per heavy atom. The molecule has 0 spiro atoms. The zero-order valence-corrected chi connectivity index (χ0v) is 34.6. The second-order valence-electron chi connectivity index (χ2n) is 17.5. The third-order valence-corrected chi connectivity index (χ3v) is 12.3. The van der Waals surface area contributed by atoms with Crippen molar-refractivity contribution in [2.24, 2.45) is 0 Å². The molecule has 3 aliphatic rings. The number of carbonyl (C=O) groups is 3. The first kappa shape index (κ1) is 40.1. The number of amides is 3. The van der Waals surface area contributed by atoms with Crippen LogP contribution in [0, 0.1) is 0 Å². The fraction of sp³-hybridized carbons (Fsp3) is 0.438. The number of aromatic nitrogens is 3. The molecule has 0 radical (unpaired) electrons.